The smallest absolute Gasteiger partial charge is 0.251 e. The Hall–Kier alpha value is -1.81. The zero-order valence-electron chi connectivity index (χ0n) is 12.7. The third-order valence-electron chi connectivity index (χ3n) is 3.81. The van der Waals surface area contributed by atoms with Crippen LogP contribution in [0.5, 0.6) is 0 Å². The molecule has 0 aromatic heterocycles. The van der Waals surface area contributed by atoms with Crippen LogP contribution in [0.3, 0.4) is 0 Å². The molecule has 4 heteroatoms. The molecule has 0 radical (unpaired) electrons. The van der Waals surface area contributed by atoms with E-state index in [2.05, 4.69) is 5.32 Å². The molecule has 1 heterocycles. The minimum Gasteiger partial charge on any atom is -0.345 e. The Morgan fingerprint density at radius 3 is 2.68 bits per heavy atom. The van der Waals surface area contributed by atoms with Crippen molar-refractivity contribution in [3.8, 4) is 0 Å². The average Bonchev–Trinajstić information content (AvgIpc) is 2.47. The maximum absolute atomic E-state index is 13.9. The minimum atomic E-state index is -0.201. The molecule has 2 aromatic carbocycles. The molecular formula is C18H18FNOS. The van der Waals surface area contributed by atoms with Crippen molar-refractivity contribution >= 4 is 17.7 Å². The fourth-order valence-corrected chi connectivity index (χ4v) is 4.02. The molecule has 1 atom stereocenters. The molecule has 22 heavy (non-hydrogen) atoms. The quantitative estimate of drug-likeness (QED) is 0.889. The summed E-state index contributed by atoms with van der Waals surface area (Å²) in [7, 11) is 0. The summed E-state index contributed by atoms with van der Waals surface area (Å²) in [5.74, 6) is 0.512. The van der Waals surface area contributed by atoms with Crippen LogP contribution < -0.4 is 5.32 Å². The molecule has 0 bridgehead atoms. The highest BCUT2D eigenvalue weighted by atomic mass is 32.2. The third-order valence-corrected chi connectivity index (χ3v) is 4.97. The van der Waals surface area contributed by atoms with Gasteiger partial charge < -0.3 is 5.32 Å². The van der Waals surface area contributed by atoms with Crippen molar-refractivity contribution in [3.05, 3.63) is 64.5 Å². The Kier molecular flexibility index (Phi) is 4.21. The number of nitrogens with one attached hydrogen (secondary N) is 1. The molecular weight excluding hydrogens is 297 g/mol. The Bertz CT molecular complexity index is 709. The van der Waals surface area contributed by atoms with Gasteiger partial charge in [-0.2, -0.15) is 0 Å². The van der Waals surface area contributed by atoms with Crippen molar-refractivity contribution in [2.24, 2.45) is 0 Å². The highest BCUT2D eigenvalue weighted by Gasteiger charge is 2.24. The second-order valence-electron chi connectivity index (χ2n) is 5.70. The second kappa shape index (κ2) is 6.13. The molecule has 0 aliphatic carbocycles. The van der Waals surface area contributed by atoms with E-state index in [1.807, 2.05) is 38.1 Å². The van der Waals surface area contributed by atoms with Crippen molar-refractivity contribution in [3.63, 3.8) is 0 Å². The average molecular weight is 315 g/mol. The lowest BCUT2D eigenvalue weighted by Gasteiger charge is -2.26. The fraction of sp³-hybridized carbons (Fsp3) is 0.278. The molecule has 0 saturated heterocycles. The molecule has 1 amide bonds. The Balaban J connectivity index is 1.85. The summed E-state index contributed by atoms with van der Waals surface area (Å²) in [4.78, 5) is 13.2. The van der Waals surface area contributed by atoms with Crippen molar-refractivity contribution in [1.29, 1.82) is 0 Å². The van der Waals surface area contributed by atoms with Gasteiger partial charge in [0.25, 0.3) is 5.91 Å². The van der Waals surface area contributed by atoms with Crippen LogP contribution in [0.2, 0.25) is 0 Å². The van der Waals surface area contributed by atoms with Gasteiger partial charge in [0.05, 0.1) is 6.04 Å². The van der Waals surface area contributed by atoms with Crippen molar-refractivity contribution in [1.82, 2.24) is 5.32 Å². The van der Waals surface area contributed by atoms with E-state index in [-0.39, 0.29) is 17.8 Å². The van der Waals surface area contributed by atoms with Crippen LogP contribution in [0, 0.1) is 19.7 Å². The SMILES string of the molecule is Cc1cc(C)cc(C(=O)NC2CCSc3c(F)cccc32)c1. The lowest BCUT2D eigenvalue weighted by atomic mass is 10.0. The molecule has 2 nitrogen and oxygen atoms in total. The van der Waals surface area contributed by atoms with E-state index in [1.54, 1.807) is 6.07 Å². The van der Waals surface area contributed by atoms with Gasteiger partial charge in [0, 0.05) is 16.2 Å². The lowest BCUT2D eigenvalue weighted by molar-refractivity contribution is 0.0934. The monoisotopic (exact) mass is 315 g/mol. The van der Waals surface area contributed by atoms with Gasteiger partial charge in [-0.05, 0) is 44.0 Å². The van der Waals surface area contributed by atoms with Crippen molar-refractivity contribution in [2.45, 2.75) is 31.2 Å². The number of hydrogen-bond donors (Lipinski definition) is 1. The Labute approximate surface area is 134 Å². The molecule has 1 aliphatic rings. The Morgan fingerprint density at radius 2 is 1.95 bits per heavy atom. The number of amides is 1. The zero-order chi connectivity index (χ0) is 15.7. The second-order valence-corrected chi connectivity index (χ2v) is 6.80. The first-order chi connectivity index (χ1) is 10.5. The van der Waals surface area contributed by atoms with Gasteiger partial charge in [-0.1, -0.05) is 29.3 Å². The van der Waals surface area contributed by atoms with E-state index in [1.165, 1.54) is 17.8 Å². The molecule has 1 N–H and O–H groups in total. The summed E-state index contributed by atoms with van der Waals surface area (Å²) in [6.45, 7) is 3.96. The fourth-order valence-electron chi connectivity index (χ4n) is 2.88. The van der Waals surface area contributed by atoms with Gasteiger partial charge in [-0.15, -0.1) is 11.8 Å². The number of aryl methyl sites for hydroxylation is 2. The van der Waals surface area contributed by atoms with Crippen LogP contribution in [0.15, 0.2) is 41.3 Å². The van der Waals surface area contributed by atoms with E-state index in [0.717, 1.165) is 28.9 Å². The maximum atomic E-state index is 13.9. The summed E-state index contributed by atoms with van der Waals surface area (Å²) < 4.78 is 13.9. The van der Waals surface area contributed by atoms with Gasteiger partial charge in [0.15, 0.2) is 0 Å². The van der Waals surface area contributed by atoms with Gasteiger partial charge >= 0.3 is 0 Å². The highest BCUT2D eigenvalue weighted by molar-refractivity contribution is 7.99. The predicted molar refractivity (Wildman–Crippen MR) is 87.9 cm³/mol. The van der Waals surface area contributed by atoms with Crippen LogP contribution in [0.4, 0.5) is 4.39 Å². The predicted octanol–water partition coefficient (Wildman–Crippen LogP) is 4.41. The molecule has 1 aliphatic heterocycles. The van der Waals surface area contributed by atoms with E-state index in [0.29, 0.717) is 10.5 Å². The number of rotatable bonds is 2. The van der Waals surface area contributed by atoms with Crippen LogP contribution >= 0.6 is 11.8 Å². The van der Waals surface area contributed by atoms with Gasteiger partial charge in [0.1, 0.15) is 5.82 Å². The number of benzene rings is 2. The zero-order valence-corrected chi connectivity index (χ0v) is 13.5. The molecule has 3 rings (SSSR count). The third kappa shape index (κ3) is 3.02. The summed E-state index contributed by atoms with van der Waals surface area (Å²) in [5, 5.41) is 3.05. The maximum Gasteiger partial charge on any atom is 0.251 e. The molecule has 114 valence electrons. The first-order valence-electron chi connectivity index (χ1n) is 7.35. The number of hydrogen-bond acceptors (Lipinski definition) is 2. The van der Waals surface area contributed by atoms with Crippen molar-refractivity contribution < 1.29 is 9.18 Å². The first kappa shape index (κ1) is 15.1. The standard InChI is InChI=1S/C18H18FNOS/c1-11-8-12(2)10-13(9-11)18(21)20-16-6-7-22-17-14(16)4-3-5-15(17)19/h3-5,8-10,16H,6-7H2,1-2H3,(H,20,21). The minimum absolute atomic E-state index is 0.0982. The number of fused-ring (bicyclic) bond motifs is 1. The summed E-state index contributed by atoms with van der Waals surface area (Å²) in [5.41, 5.74) is 3.68. The van der Waals surface area contributed by atoms with E-state index < -0.39 is 0 Å². The topological polar surface area (TPSA) is 29.1 Å². The van der Waals surface area contributed by atoms with Gasteiger partial charge in [-0.3, -0.25) is 4.79 Å². The number of carbonyl (C=O) groups excluding carboxylic acids is 1. The van der Waals surface area contributed by atoms with Crippen LogP contribution in [0.25, 0.3) is 0 Å². The van der Waals surface area contributed by atoms with E-state index in [9.17, 15) is 9.18 Å². The summed E-state index contributed by atoms with van der Waals surface area (Å²) in [6, 6.07) is 10.8. The molecule has 1 unspecified atom stereocenters. The first-order valence-corrected chi connectivity index (χ1v) is 8.33. The van der Waals surface area contributed by atoms with E-state index >= 15 is 0 Å². The van der Waals surface area contributed by atoms with Crippen LogP contribution in [-0.4, -0.2) is 11.7 Å². The number of carbonyl (C=O) groups is 1. The van der Waals surface area contributed by atoms with E-state index in [4.69, 9.17) is 0 Å². The molecule has 0 spiro atoms. The van der Waals surface area contributed by atoms with Crippen molar-refractivity contribution in [2.75, 3.05) is 5.75 Å². The lowest BCUT2D eigenvalue weighted by Crippen LogP contribution is -2.31. The van der Waals surface area contributed by atoms with Gasteiger partial charge in [0.2, 0.25) is 0 Å². The van der Waals surface area contributed by atoms with Crippen LogP contribution in [-0.2, 0) is 0 Å². The highest BCUT2D eigenvalue weighted by Crippen LogP contribution is 2.37. The van der Waals surface area contributed by atoms with Gasteiger partial charge in [-0.25, -0.2) is 4.39 Å². The number of thioether (sulfide) groups is 1. The normalized spacial score (nSPS) is 17.0. The largest absolute Gasteiger partial charge is 0.345 e. The van der Waals surface area contributed by atoms with Crippen LogP contribution in [0.1, 0.15) is 39.5 Å². The Morgan fingerprint density at radius 1 is 1.23 bits per heavy atom. The molecule has 2 aromatic rings. The molecule has 0 fully saturated rings. The molecule has 0 saturated carbocycles. The summed E-state index contributed by atoms with van der Waals surface area (Å²) >= 11 is 1.52. The summed E-state index contributed by atoms with van der Waals surface area (Å²) in [6.07, 6.45) is 0.817. The number of halogens is 1.